The van der Waals surface area contributed by atoms with Crippen molar-refractivity contribution in [3.05, 3.63) is 76.3 Å². The second kappa shape index (κ2) is 9.67. The van der Waals surface area contributed by atoms with Crippen molar-refractivity contribution >= 4 is 34.0 Å². The fourth-order valence-corrected chi connectivity index (χ4v) is 4.18. The van der Waals surface area contributed by atoms with E-state index in [0.717, 1.165) is 22.4 Å². The van der Waals surface area contributed by atoms with Crippen molar-refractivity contribution in [2.24, 2.45) is 0 Å². The fraction of sp³-hybridized carbons (Fsp3) is 0.292. The summed E-state index contributed by atoms with van der Waals surface area (Å²) >= 11 is 1.36. The zero-order valence-corrected chi connectivity index (χ0v) is 18.5. The zero-order valence-electron chi connectivity index (χ0n) is 17.7. The van der Waals surface area contributed by atoms with Crippen LogP contribution in [-0.4, -0.2) is 16.9 Å². The van der Waals surface area contributed by atoms with Crippen LogP contribution in [0.5, 0.6) is 0 Å². The Kier molecular flexibility index (Phi) is 7.00. The Labute approximate surface area is 181 Å². The van der Waals surface area contributed by atoms with Gasteiger partial charge >= 0.3 is 5.97 Å². The van der Waals surface area contributed by atoms with Gasteiger partial charge in [0, 0.05) is 12.3 Å². The zero-order chi connectivity index (χ0) is 21.7. The lowest BCUT2D eigenvalue weighted by Gasteiger charge is -2.21. The minimum atomic E-state index is -0.298. The molecule has 0 saturated heterocycles. The smallest absolute Gasteiger partial charge is 0.313 e. The Morgan fingerprint density at radius 3 is 2.50 bits per heavy atom. The number of nitrogens with zero attached hydrogens (tertiary/aromatic N) is 2. The Morgan fingerprint density at radius 1 is 1.10 bits per heavy atom. The number of ether oxygens (including phenoxy) is 1. The van der Waals surface area contributed by atoms with Gasteiger partial charge in [0.25, 0.3) is 0 Å². The number of thiazole rings is 1. The molecule has 0 aliphatic rings. The van der Waals surface area contributed by atoms with Crippen LogP contribution in [0.4, 0.5) is 10.8 Å². The van der Waals surface area contributed by atoms with Crippen molar-refractivity contribution in [2.45, 2.75) is 46.6 Å². The molecule has 0 bridgehead atoms. The Morgan fingerprint density at radius 2 is 1.83 bits per heavy atom. The minimum absolute atomic E-state index is 0.0806. The first-order chi connectivity index (χ1) is 14.4. The van der Waals surface area contributed by atoms with Gasteiger partial charge in [0.2, 0.25) is 5.91 Å². The van der Waals surface area contributed by atoms with Crippen molar-refractivity contribution in [1.29, 1.82) is 0 Å². The number of aromatic nitrogens is 1. The van der Waals surface area contributed by atoms with E-state index >= 15 is 0 Å². The van der Waals surface area contributed by atoms with Crippen LogP contribution in [0.3, 0.4) is 0 Å². The van der Waals surface area contributed by atoms with E-state index in [4.69, 9.17) is 4.74 Å². The molecule has 5 nitrogen and oxygen atoms in total. The Bertz CT molecular complexity index is 1030. The first kappa shape index (κ1) is 21.7. The van der Waals surface area contributed by atoms with Crippen LogP contribution in [0.2, 0.25) is 0 Å². The first-order valence-corrected chi connectivity index (χ1v) is 10.8. The highest BCUT2D eigenvalue weighted by molar-refractivity contribution is 7.14. The van der Waals surface area contributed by atoms with Gasteiger partial charge in [-0.2, -0.15) is 0 Å². The molecule has 1 aromatic heterocycles. The maximum atomic E-state index is 12.6. The number of anilines is 2. The predicted octanol–water partition coefficient (Wildman–Crippen LogP) is 5.68. The number of hydrogen-bond donors (Lipinski definition) is 0. The van der Waals surface area contributed by atoms with Crippen LogP contribution < -0.4 is 4.90 Å². The molecule has 0 N–H and O–H groups in total. The SMILES string of the molecule is CCC(C(=O)OCc1csc(N(C(C)=O)c2cccc(C)c2C)n1)c1ccccc1. The van der Waals surface area contributed by atoms with Crippen molar-refractivity contribution in [3.63, 3.8) is 0 Å². The number of rotatable bonds is 7. The normalized spacial score (nSPS) is 11.7. The molecule has 1 atom stereocenters. The molecular formula is C24H26N2O3S. The van der Waals surface area contributed by atoms with Gasteiger partial charge in [0.1, 0.15) is 6.61 Å². The van der Waals surface area contributed by atoms with Gasteiger partial charge in [-0.25, -0.2) is 4.98 Å². The topological polar surface area (TPSA) is 59.5 Å². The van der Waals surface area contributed by atoms with Crippen molar-refractivity contribution in [1.82, 2.24) is 4.98 Å². The molecule has 1 heterocycles. The molecular weight excluding hydrogens is 396 g/mol. The third kappa shape index (κ3) is 4.76. The second-order valence-electron chi connectivity index (χ2n) is 7.17. The maximum absolute atomic E-state index is 12.6. The second-order valence-corrected chi connectivity index (χ2v) is 8.01. The monoisotopic (exact) mass is 422 g/mol. The van der Waals surface area contributed by atoms with E-state index in [-0.39, 0.29) is 24.4 Å². The first-order valence-electron chi connectivity index (χ1n) is 9.95. The average molecular weight is 423 g/mol. The summed E-state index contributed by atoms with van der Waals surface area (Å²) in [6.45, 7) is 7.58. The molecule has 0 fully saturated rings. The van der Waals surface area contributed by atoms with Gasteiger partial charge in [-0.15, -0.1) is 11.3 Å². The quantitative estimate of drug-likeness (QED) is 0.460. The molecule has 30 heavy (non-hydrogen) atoms. The summed E-state index contributed by atoms with van der Waals surface area (Å²) in [7, 11) is 0. The molecule has 156 valence electrons. The van der Waals surface area contributed by atoms with E-state index in [2.05, 4.69) is 4.98 Å². The number of hydrogen-bond acceptors (Lipinski definition) is 5. The number of aryl methyl sites for hydroxylation is 1. The van der Waals surface area contributed by atoms with Crippen LogP contribution in [0.25, 0.3) is 0 Å². The number of esters is 1. The third-order valence-electron chi connectivity index (χ3n) is 5.12. The average Bonchev–Trinajstić information content (AvgIpc) is 3.19. The molecule has 6 heteroatoms. The highest BCUT2D eigenvalue weighted by atomic mass is 32.1. The molecule has 0 saturated carbocycles. The van der Waals surface area contributed by atoms with E-state index < -0.39 is 0 Å². The van der Waals surface area contributed by atoms with Gasteiger partial charge in [-0.1, -0.05) is 49.4 Å². The van der Waals surface area contributed by atoms with Crippen molar-refractivity contribution in [3.8, 4) is 0 Å². The molecule has 3 rings (SSSR count). The lowest BCUT2D eigenvalue weighted by atomic mass is 9.97. The molecule has 0 spiro atoms. The van der Waals surface area contributed by atoms with E-state index in [1.807, 2.05) is 74.7 Å². The molecule has 1 amide bonds. The summed E-state index contributed by atoms with van der Waals surface area (Å²) in [5.74, 6) is -0.680. The van der Waals surface area contributed by atoms with Crippen LogP contribution >= 0.6 is 11.3 Å². The molecule has 1 unspecified atom stereocenters. The largest absolute Gasteiger partial charge is 0.459 e. The molecule has 0 radical (unpaired) electrons. The Balaban J connectivity index is 1.74. The lowest BCUT2D eigenvalue weighted by molar-refractivity contribution is -0.147. The van der Waals surface area contributed by atoms with Gasteiger partial charge in [-0.3, -0.25) is 14.5 Å². The molecule has 2 aromatic carbocycles. The summed E-state index contributed by atoms with van der Waals surface area (Å²) in [5, 5.41) is 2.39. The van der Waals surface area contributed by atoms with Crippen molar-refractivity contribution < 1.29 is 14.3 Å². The summed E-state index contributed by atoms with van der Waals surface area (Å²) in [6.07, 6.45) is 0.663. The van der Waals surface area contributed by atoms with Crippen LogP contribution in [-0.2, 0) is 20.9 Å². The van der Waals surface area contributed by atoms with Crippen LogP contribution in [0.15, 0.2) is 53.9 Å². The van der Waals surface area contributed by atoms with E-state index in [1.54, 1.807) is 4.90 Å². The van der Waals surface area contributed by atoms with Gasteiger partial charge in [-0.05, 0) is 43.0 Å². The van der Waals surface area contributed by atoms with Gasteiger partial charge in [0.05, 0.1) is 17.3 Å². The predicted molar refractivity (Wildman–Crippen MR) is 120 cm³/mol. The molecule has 0 aliphatic carbocycles. The van der Waals surface area contributed by atoms with Crippen LogP contribution in [0, 0.1) is 13.8 Å². The number of carbonyl (C=O) groups excluding carboxylic acids is 2. The van der Waals surface area contributed by atoms with Gasteiger partial charge < -0.3 is 4.74 Å². The van der Waals surface area contributed by atoms with E-state index in [0.29, 0.717) is 17.2 Å². The fourth-order valence-electron chi connectivity index (χ4n) is 3.32. The minimum Gasteiger partial charge on any atom is -0.459 e. The third-order valence-corrected chi connectivity index (χ3v) is 5.99. The number of carbonyl (C=O) groups is 2. The molecule has 3 aromatic rings. The van der Waals surface area contributed by atoms with Crippen molar-refractivity contribution in [2.75, 3.05) is 4.90 Å². The summed E-state index contributed by atoms with van der Waals surface area (Å²) in [6, 6.07) is 15.5. The van der Waals surface area contributed by atoms with Gasteiger partial charge in [0.15, 0.2) is 5.13 Å². The highest BCUT2D eigenvalue weighted by Gasteiger charge is 2.22. The molecule has 0 aliphatic heterocycles. The summed E-state index contributed by atoms with van der Waals surface area (Å²) in [4.78, 5) is 31.1. The highest BCUT2D eigenvalue weighted by Crippen LogP contribution is 2.32. The number of benzene rings is 2. The summed E-state index contributed by atoms with van der Waals surface area (Å²) in [5.41, 5.74) is 4.53. The summed E-state index contributed by atoms with van der Waals surface area (Å²) < 4.78 is 5.54. The Hall–Kier alpha value is -2.99. The van der Waals surface area contributed by atoms with E-state index in [9.17, 15) is 9.59 Å². The van der Waals surface area contributed by atoms with E-state index in [1.165, 1.54) is 18.3 Å². The maximum Gasteiger partial charge on any atom is 0.313 e. The lowest BCUT2D eigenvalue weighted by Crippen LogP contribution is -2.23. The standard InChI is InChI=1S/C24H26N2O3S/c1-5-21(19-11-7-6-8-12-19)23(28)29-14-20-15-30-24(25-20)26(18(4)27)22-13-9-10-16(2)17(22)3/h6-13,15,21H,5,14H2,1-4H3. The van der Waals surface area contributed by atoms with Crippen LogP contribution in [0.1, 0.15) is 48.6 Å². The number of amides is 1.